The minimum absolute atomic E-state index is 0.116. The summed E-state index contributed by atoms with van der Waals surface area (Å²) in [6, 6.07) is 7.97. The molecule has 186 valence electrons. The number of allylic oxidation sites excluding steroid dienone is 1. The van der Waals surface area contributed by atoms with Crippen LogP contribution in [0, 0.1) is 29.1 Å². The highest BCUT2D eigenvalue weighted by atomic mass is 16.5. The van der Waals surface area contributed by atoms with Gasteiger partial charge in [-0.25, -0.2) is 0 Å². The van der Waals surface area contributed by atoms with Gasteiger partial charge >= 0.3 is 0 Å². The normalized spacial score (nSPS) is 44.3. The van der Waals surface area contributed by atoms with Gasteiger partial charge < -0.3 is 14.9 Å². The van der Waals surface area contributed by atoms with Crippen LogP contribution in [0.5, 0.6) is 0 Å². The van der Waals surface area contributed by atoms with Crippen LogP contribution in [0.3, 0.4) is 0 Å². The summed E-state index contributed by atoms with van der Waals surface area (Å²) in [4.78, 5) is 11.3. The van der Waals surface area contributed by atoms with E-state index in [9.17, 15) is 15.0 Å². The van der Waals surface area contributed by atoms with Crippen LogP contribution in [-0.2, 0) is 4.74 Å². The monoisotopic (exact) mass is 474 g/mol. The minimum Gasteiger partial charge on any atom is -0.385 e. The number of aliphatic hydroxyl groups is 2. The van der Waals surface area contributed by atoms with Gasteiger partial charge in [-0.05, 0) is 87.7 Å². The van der Waals surface area contributed by atoms with Gasteiger partial charge in [0, 0.05) is 29.9 Å². The molecule has 1 aromatic carbocycles. The lowest BCUT2D eigenvalue weighted by molar-refractivity contribution is -0.101. The molecule has 7 atom stereocenters. The van der Waals surface area contributed by atoms with Gasteiger partial charge in [0.2, 0.25) is 0 Å². The highest BCUT2D eigenvalue weighted by molar-refractivity contribution is 5.74. The summed E-state index contributed by atoms with van der Waals surface area (Å²) in [5.74, 6) is 7.08. The fraction of sp³-hybridized carbons (Fsp3) is 0.645. The fourth-order valence-electron chi connectivity index (χ4n) is 9.01. The molecule has 0 aromatic heterocycles. The van der Waals surface area contributed by atoms with Crippen LogP contribution in [0.1, 0.15) is 99.9 Å². The highest BCUT2D eigenvalue weighted by Gasteiger charge is 2.64. The largest absolute Gasteiger partial charge is 0.385 e. The topological polar surface area (TPSA) is 66.8 Å². The number of hydrogen-bond acceptors (Lipinski definition) is 4. The molecule has 5 aliphatic rings. The van der Waals surface area contributed by atoms with E-state index in [2.05, 4.69) is 30.9 Å². The molecule has 1 aliphatic heterocycles. The standard InChI is InChI=1S/C31H38O4/c1-3-12-31(34)16-11-25-23-9-15-30(33)20-29(13-4-17-35-29)14-10-26(30)27(23)24(18-28(25,31)2)22-7-5-21(19-32)6-8-22/h5-8,19,23-25,33-34H,4,9-11,13-18,20H2,1-2H3/t23?,24-,25?,28+,29?,30-,31+/m1/s1. The second kappa shape index (κ2) is 8.04. The molecule has 3 saturated carbocycles. The number of rotatable bonds is 2. The van der Waals surface area contributed by atoms with Crippen molar-refractivity contribution < 1.29 is 19.7 Å². The Morgan fingerprint density at radius 1 is 1.09 bits per heavy atom. The van der Waals surface area contributed by atoms with Crippen LogP contribution < -0.4 is 0 Å². The SMILES string of the molecule is CC#C[C@]1(O)CCC2C3CC[C@@]4(O)CC5(CCCO5)CCC4=C3[C@@H](c3ccc(C=O)cc3)C[C@@]21C. The molecule has 1 heterocycles. The second-order valence-electron chi connectivity index (χ2n) is 12.3. The van der Waals surface area contributed by atoms with Crippen LogP contribution >= 0.6 is 0 Å². The summed E-state index contributed by atoms with van der Waals surface area (Å²) in [6.07, 6.45) is 9.88. The third kappa shape index (κ3) is 3.35. The smallest absolute Gasteiger partial charge is 0.150 e. The number of benzene rings is 1. The number of carbonyl (C=O) groups excluding carboxylic acids is 1. The van der Waals surface area contributed by atoms with Gasteiger partial charge in [-0.15, -0.1) is 5.92 Å². The molecule has 6 rings (SSSR count). The number of aldehydes is 1. The molecule has 4 fully saturated rings. The van der Waals surface area contributed by atoms with E-state index in [-0.39, 0.29) is 16.9 Å². The molecule has 1 spiro atoms. The lowest BCUT2D eigenvalue weighted by Crippen LogP contribution is -2.55. The maximum absolute atomic E-state index is 12.1. The van der Waals surface area contributed by atoms with Crippen molar-refractivity contribution in [3.05, 3.63) is 46.5 Å². The molecule has 1 aromatic rings. The van der Waals surface area contributed by atoms with Crippen molar-refractivity contribution in [2.24, 2.45) is 17.3 Å². The third-order valence-electron chi connectivity index (χ3n) is 10.7. The molecule has 35 heavy (non-hydrogen) atoms. The average Bonchev–Trinajstić information content (AvgIpc) is 3.40. The summed E-state index contributed by atoms with van der Waals surface area (Å²) in [5, 5.41) is 23.9. The molecule has 4 heteroatoms. The van der Waals surface area contributed by atoms with Crippen molar-refractivity contribution in [2.45, 2.75) is 101 Å². The number of ether oxygens (including phenoxy) is 1. The summed E-state index contributed by atoms with van der Waals surface area (Å²) >= 11 is 0. The second-order valence-corrected chi connectivity index (χ2v) is 12.3. The van der Waals surface area contributed by atoms with Crippen LogP contribution in [0.4, 0.5) is 0 Å². The van der Waals surface area contributed by atoms with Gasteiger partial charge in [0.15, 0.2) is 0 Å². The molecule has 4 aliphatic carbocycles. The minimum atomic E-state index is -0.980. The van der Waals surface area contributed by atoms with E-state index in [0.29, 0.717) is 23.8 Å². The Morgan fingerprint density at radius 3 is 2.57 bits per heavy atom. The van der Waals surface area contributed by atoms with E-state index < -0.39 is 11.2 Å². The van der Waals surface area contributed by atoms with Crippen molar-refractivity contribution >= 4 is 6.29 Å². The van der Waals surface area contributed by atoms with Crippen molar-refractivity contribution in [3.8, 4) is 11.8 Å². The zero-order chi connectivity index (χ0) is 24.5. The lowest BCUT2D eigenvalue weighted by Gasteiger charge is -2.57. The predicted octanol–water partition coefficient (Wildman–Crippen LogP) is 5.33. The number of hydrogen-bond donors (Lipinski definition) is 2. The Balaban J connectivity index is 1.49. The first kappa shape index (κ1) is 23.5. The Bertz CT molecular complexity index is 1120. The predicted molar refractivity (Wildman–Crippen MR) is 135 cm³/mol. The number of carbonyl (C=O) groups is 1. The van der Waals surface area contributed by atoms with Gasteiger partial charge in [0.05, 0.1) is 11.2 Å². The van der Waals surface area contributed by atoms with E-state index >= 15 is 0 Å². The maximum Gasteiger partial charge on any atom is 0.150 e. The van der Waals surface area contributed by atoms with Crippen LogP contribution in [0.15, 0.2) is 35.4 Å². The maximum atomic E-state index is 12.1. The van der Waals surface area contributed by atoms with Crippen LogP contribution in [0.25, 0.3) is 0 Å². The van der Waals surface area contributed by atoms with Crippen molar-refractivity contribution in [3.63, 3.8) is 0 Å². The van der Waals surface area contributed by atoms with Crippen molar-refractivity contribution in [2.75, 3.05) is 6.61 Å². The van der Waals surface area contributed by atoms with Gasteiger partial charge in [0.1, 0.15) is 11.9 Å². The van der Waals surface area contributed by atoms with Gasteiger partial charge in [0.25, 0.3) is 0 Å². The summed E-state index contributed by atoms with van der Waals surface area (Å²) in [5.41, 5.74) is 2.32. The van der Waals surface area contributed by atoms with Crippen molar-refractivity contribution in [1.29, 1.82) is 0 Å². The first-order valence-corrected chi connectivity index (χ1v) is 13.6. The lowest BCUT2D eigenvalue weighted by atomic mass is 9.49. The van der Waals surface area contributed by atoms with E-state index in [1.165, 1.54) is 16.7 Å². The molecule has 2 N–H and O–H groups in total. The summed E-state index contributed by atoms with van der Waals surface area (Å²) < 4.78 is 6.24. The molecule has 4 nitrogen and oxygen atoms in total. The summed E-state index contributed by atoms with van der Waals surface area (Å²) in [7, 11) is 0. The molecular formula is C31H38O4. The van der Waals surface area contributed by atoms with E-state index in [0.717, 1.165) is 70.7 Å². The van der Waals surface area contributed by atoms with Gasteiger partial charge in [-0.2, -0.15) is 0 Å². The molecule has 3 unspecified atom stereocenters. The first-order valence-electron chi connectivity index (χ1n) is 13.6. The third-order valence-corrected chi connectivity index (χ3v) is 10.7. The Kier molecular flexibility index (Phi) is 5.39. The van der Waals surface area contributed by atoms with Gasteiger partial charge in [-0.3, -0.25) is 4.79 Å². The Hall–Kier alpha value is -1.93. The van der Waals surface area contributed by atoms with Crippen LogP contribution in [0.2, 0.25) is 0 Å². The highest BCUT2D eigenvalue weighted by Crippen LogP contribution is 2.68. The Morgan fingerprint density at radius 2 is 1.89 bits per heavy atom. The molecule has 1 saturated heterocycles. The zero-order valence-electron chi connectivity index (χ0n) is 21.1. The molecule has 0 amide bonds. The van der Waals surface area contributed by atoms with Gasteiger partial charge in [-0.1, -0.05) is 42.7 Å². The molecular weight excluding hydrogens is 436 g/mol. The molecule has 0 radical (unpaired) electrons. The van der Waals surface area contributed by atoms with Crippen molar-refractivity contribution in [1.82, 2.24) is 0 Å². The van der Waals surface area contributed by atoms with Crippen LogP contribution in [-0.4, -0.2) is 39.9 Å². The summed E-state index contributed by atoms with van der Waals surface area (Å²) in [6.45, 7) is 4.89. The quantitative estimate of drug-likeness (QED) is 0.346. The van der Waals surface area contributed by atoms with E-state index in [4.69, 9.17) is 4.74 Å². The number of fused-ring (bicyclic) bond motifs is 4. The average molecular weight is 475 g/mol. The molecule has 0 bridgehead atoms. The van der Waals surface area contributed by atoms with E-state index in [1.54, 1.807) is 0 Å². The van der Waals surface area contributed by atoms with E-state index in [1.807, 2.05) is 19.1 Å². The zero-order valence-corrected chi connectivity index (χ0v) is 21.1. The fourth-order valence-corrected chi connectivity index (χ4v) is 9.01. The first-order chi connectivity index (χ1) is 16.8. The Labute approximate surface area is 209 Å².